The lowest BCUT2D eigenvalue weighted by Crippen LogP contribution is -3.08. The number of carbonyl (C=O) groups is 1. The molecule has 0 amide bonds. The van der Waals surface area contributed by atoms with Crippen molar-refractivity contribution in [2.24, 2.45) is 4.99 Å². The van der Waals surface area contributed by atoms with E-state index < -0.39 is 0 Å². The fourth-order valence-corrected chi connectivity index (χ4v) is 4.33. The van der Waals surface area contributed by atoms with Crippen LogP contribution in [0.15, 0.2) is 23.2 Å². The Kier molecular flexibility index (Phi) is 5.42. The molecule has 2 aromatic rings. The van der Waals surface area contributed by atoms with Gasteiger partial charge in [0.25, 0.3) is 0 Å². The van der Waals surface area contributed by atoms with Gasteiger partial charge in [-0.2, -0.15) is 0 Å². The minimum Gasteiger partial charge on any atom is -0.872 e. The summed E-state index contributed by atoms with van der Waals surface area (Å²) in [7, 11) is 2.13. The van der Waals surface area contributed by atoms with Crippen molar-refractivity contribution < 1.29 is 19.5 Å². The van der Waals surface area contributed by atoms with E-state index in [1.54, 1.807) is 19.1 Å². The number of benzene rings is 1. The van der Waals surface area contributed by atoms with Crippen molar-refractivity contribution in [3.63, 3.8) is 0 Å². The molecule has 0 saturated heterocycles. The molecule has 0 fully saturated rings. The van der Waals surface area contributed by atoms with Crippen molar-refractivity contribution >= 4 is 40.1 Å². The van der Waals surface area contributed by atoms with E-state index in [-0.39, 0.29) is 11.7 Å². The lowest BCUT2D eigenvalue weighted by molar-refractivity contribution is -0.895. The second-order valence-electron chi connectivity index (χ2n) is 5.98. The van der Waals surface area contributed by atoms with Crippen LogP contribution >= 0.6 is 22.9 Å². The number of fused-ring (bicyclic) bond motifs is 1. The predicted octanol–water partition coefficient (Wildman–Crippen LogP) is 1.97. The molecule has 2 heterocycles. The minimum atomic E-state index is -0.347. The summed E-state index contributed by atoms with van der Waals surface area (Å²) < 4.78 is 5.22. The van der Waals surface area contributed by atoms with E-state index >= 15 is 0 Å². The van der Waals surface area contributed by atoms with Gasteiger partial charge in [-0.15, -0.1) is 11.3 Å². The summed E-state index contributed by atoms with van der Waals surface area (Å²) in [5.41, 5.74) is 1.98. The Balaban J connectivity index is 2.01. The zero-order chi connectivity index (χ0) is 18.0. The highest BCUT2D eigenvalue weighted by Crippen LogP contribution is 2.37. The van der Waals surface area contributed by atoms with Gasteiger partial charge >= 0.3 is 5.97 Å². The maximum absolute atomic E-state index is 12.4. The molecule has 7 heteroatoms. The van der Waals surface area contributed by atoms with Crippen molar-refractivity contribution in [2.45, 2.75) is 19.9 Å². The molecule has 0 radical (unpaired) electrons. The number of nitrogens with one attached hydrogen (secondary N) is 1. The normalized spacial score (nSPS) is 16.8. The number of hydrogen-bond donors (Lipinski definition) is 1. The number of aliphatic imine (C=N–C) groups is 1. The number of quaternary nitrogens is 1. The Labute approximate surface area is 155 Å². The SMILES string of the molecule is CCOC(=O)c1c(N=Cc2cc(Cl)ccc2[O-])sc2c1CC[NH+](C)C2. The standard InChI is InChI=1S/C18H19ClN2O3S/c1-3-24-18(23)16-13-6-7-21(2)10-15(13)25-17(16)20-9-11-8-12(19)4-5-14(11)22/h4-5,8-9,22H,3,6-7,10H2,1-2H3. The van der Waals surface area contributed by atoms with Gasteiger partial charge in [0, 0.05) is 17.7 Å². The number of rotatable bonds is 4. The molecule has 3 rings (SSSR count). The number of carbonyl (C=O) groups excluding carboxylic acids is 1. The third-order valence-electron chi connectivity index (χ3n) is 4.11. The summed E-state index contributed by atoms with van der Waals surface area (Å²) in [6.07, 6.45) is 2.30. The summed E-state index contributed by atoms with van der Waals surface area (Å²) in [6, 6.07) is 4.53. The number of thiophene rings is 1. The van der Waals surface area contributed by atoms with Crippen LogP contribution in [-0.2, 0) is 17.7 Å². The van der Waals surface area contributed by atoms with Crippen LogP contribution in [-0.4, -0.2) is 32.4 Å². The van der Waals surface area contributed by atoms with Gasteiger partial charge in [0.15, 0.2) is 0 Å². The summed E-state index contributed by atoms with van der Waals surface area (Å²) in [5, 5.41) is 13.0. The molecule has 1 aromatic carbocycles. The van der Waals surface area contributed by atoms with Crippen molar-refractivity contribution in [3.05, 3.63) is 44.8 Å². The lowest BCUT2D eigenvalue weighted by atomic mass is 10.0. The van der Waals surface area contributed by atoms with Crippen molar-refractivity contribution in [1.82, 2.24) is 0 Å². The molecule has 1 aromatic heterocycles. The van der Waals surface area contributed by atoms with Crippen LogP contribution < -0.4 is 10.0 Å². The molecule has 0 spiro atoms. The minimum absolute atomic E-state index is 0.156. The van der Waals surface area contributed by atoms with Crippen molar-refractivity contribution in [1.29, 1.82) is 0 Å². The second-order valence-corrected chi connectivity index (χ2v) is 7.50. The molecule has 5 nitrogen and oxygen atoms in total. The van der Waals surface area contributed by atoms with Crippen LogP contribution in [0, 0.1) is 0 Å². The highest BCUT2D eigenvalue weighted by atomic mass is 35.5. The fourth-order valence-electron chi connectivity index (χ4n) is 2.86. The summed E-state index contributed by atoms with van der Waals surface area (Å²) in [5.74, 6) is -0.503. The fraction of sp³-hybridized carbons (Fsp3) is 0.333. The third kappa shape index (κ3) is 3.86. The van der Waals surface area contributed by atoms with E-state index in [0.717, 1.165) is 30.0 Å². The number of halogens is 1. The molecule has 1 unspecified atom stereocenters. The monoisotopic (exact) mass is 378 g/mol. The Morgan fingerprint density at radius 1 is 1.52 bits per heavy atom. The van der Waals surface area contributed by atoms with Crippen LogP contribution in [0.5, 0.6) is 5.75 Å². The molecular formula is C18H19ClN2O3S. The Bertz CT molecular complexity index is 832. The average molecular weight is 379 g/mol. The quantitative estimate of drug-likeness (QED) is 0.653. The highest BCUT2D eigenvalue weighted by Gasteiger charge is 2.29. The molecule has 1 aliphatic rings. The van der Waals surface area contributed by atoms with Crippen LogP contribution in [0.25, 0.3) is 0 Å². The van der Waals surface area contributed by atoms with E-state index in [4.69, 9.17) is 16.3 Å². The van der Waals surface area contributed by atoms with Gasteiger partial charge in [0.1, 0.15) is 17.1 Å². The lowest BCUT2D eigenvalue weighted by Gasteiger charge is -2.19. The van der Waals surface area contributed by atoms with Crippen LogP contribution in [0.4, 0.5) is 5.00 Å². The Morgan fingerprint density at radius 3 is 3.08 bits per heavy atom. The summed E-state index contributed by atoms with van der Waals surface area (Å²) in [4.78, 5) is 19.4. The third-order valence-corrected chi connectivity index (χ3v) is 5.48. The van der Waals surface area contributed by atoms with Crippen LogP contribution in [0.3, 0.4) is 0 Å². The molecule has 0 bridgehead atoms. The molecule has 1 atom stereocenters. The summed E-state index contributed by atoms with van der Waals surface area (Å²) in [6.45, 7) is 3.94. The van der Waals surface area contributed by atoms with Gasteiger partial charge in [-0.1, -0.05) is 23.4 Å². The number of nitrogens with zero attached hydrogens (tertiary/aromatic N) is 1. The van der Waals surface area contributed by atoms with Crippen molar-refractivity contribution in [3.8, 4) is 5.75 Å². The molecule has 1 aliphatic heterocycles. The number of hydrogen-bond acceptors (Lipinski definition) is 5. The maximum Gasteiger partial charge on any atom is 0.341 e. The first-order chi connectivity index (χ1) is 12.0. The Morgan fingerprint density at radius 2 is 2.32 bits per heavy atom. The average Bonchev–Trinajstić information content (AvgIpc) is 2.93. The molecule has 132 valence electrons. The zero-order valence-electron chi connectivity index (χ0n) is 14.1. The van der Waals surface area contributed by atoms with Gasteiger partial charge in [-0.3, -0.25) is 0 Å². The highest BCUT2D eigenvalue weighted by molar-refractivity contribution is 7.16. The number of esters is 1. The molecule has 25 heavy (non-hydrogen) atoms. The topological polar surface area (TPSA) is 66.2 Å². The van der Waals surface area contributed by atoms with Gasteiger partial charge in [0.2, 0.25) is 0 Å². The van der Waals surface area contributed by atoms with E-state index in [1.807, 2.05) is 0 Å². The summed E-state index contributed by atoms with van der Waals surface area (Å²) >= 11 is 7.44. The smallest absolute Gasteiger partial charge is 0.341 e. The predicted molar refractivity (Wildman–Crippen MR) is 97.6 cm³/mol. The molecular weight excluding hydrogens is 360 g/mol. The maximum atomic E-state index is 12.4. The van der Waals surface area contributed by atoms with Crippen LogP contribution in [0.1, 0.15) is 33.3 Å². The molecule has 0 aliphatic carbocycles. The Hall–Kier alpha value is -1.89. The first-order valence-corrected chi connectivity index (χ1v) is 9.32. The van der Waals surface area contributed by atoms with Crippen molar-refractivity contribution in [2.75, 3.05) is 20.2 Å². The van der Waals surface area contributed by atoms with Gasteiger partial charge in [-0.05, 0) is 30.2 Å². The van der Waals surface area contributed by atoms with E-state index in [2.05, 4.69) is 12.0 Å². The molecule has 0 saturated carbocycles. The van der Waals surface area contributed by atoms with E-state index in [0.29, 0.717) is 27.8 Å². The first-order valence-electron chi connectivity index (χ1n) is 8.13. The van der Waals surface area contributed by atoms with Gasteiger partial charge in [0.05, 0.1) is 25.1 Å². The van der Waals surface area contributed by atoms with Gasteiger partial charge < -0.3 is 14.7 Å². The number of ether oxygens (including phenoxy) is 1. The van der Waals surface area contributed by atoms with Crippen LogP contribution in [0.2, 0.25) is 5.02 Å². The van der Waals surface area contributed by atoms with Gasteiger partial charge in [-0.25, -0.2) is 9.79 Å². The van der Waals surface area contributed by atoms with E-state index in [1.165, 1.54) is 28.5 Å². The zero-order valence-corrected chi connectivity index (χ0v) is 15.7. The second kappa shape index (κ2) is 7.56. The largest absolute Gasteiger partial charge is 0.872 e. The van der Waals surface area contributed by atoms with E-state index in [9.17, 15) is 9.90 Å². The molecule has 1 N–H and O–H groups in total. The first kappa shape index (κ1) is 17.9. The number of likely N-dealkylation sites (N-methyl/N-ethyl adjacent to an activating group) is 1.